The summed E-state index contributed by atoms with van der Waals surface area (Å²) in [6.45, 7) is 0. The highest BCUT2D eigenvalue weighted by Gasteiger charge is 2.19. The van der Waals surface area contributed by atoms with E-state index < -0.39 is 17.9 Å². The minimum absolute atomic E-state index is 0.00551. The largest absolute Gasteiger partial charge is 0.481 e. The number of Topliss-reactive ketones (excluding diaryl/α,β-unsaturated/α-hetero) is 1. The summed E-state index contributed by atoms with van der Waals surface area (Å²) in [5.74, 6) is -2.31. The molecule has 1 aromatic rings. The number of carboxylic acid groups (broad SMARTS) is 2. The molecule has 1 unspecified atom stereocenters. The van der Waals surface area contributed by atoms with Gasteiger partial charge in [-0.3, -0.25) is 14.4 Å². The van der Waals surface area contributed by atoms with Crippen molar-refractivity contribution in [3.8, 4) is 0 Å². The van der Waals surface area contributed by atoms with Gasteiger partial charge in [0.25, 0.3) is 0 Å². The maximum atomic E-state index is 11.5. The third kappa shape index (κ3) is 7.55. The molecule has 1 atom stereocenters. The van der Waals surface area contributed by atoms with Crippen LogP contribution in [-0.2, 0) is 20.8 Å². The second-order valence-electron chi connectivity index (χ2n) is 4.90. The van der Waals surface area contributed by atoms with Crippen molar-refractivity contribution >= 4 is 29.1 Å². The predicted octanol–water partition coefficient (Wildman–Crippen LogP) is 2.38. The molecule has 0 saturated carbocycles. The van der Waals surface area contributed by atoms with Crippen molar-refractivity contribution in [1.82, 2.24) is 4.98 Å². The zero-order valence-corrected chi connectivity index (χ0v) is 12.5. The Kier molecular flexibility index (Phi) is 7.60. The van der Waals surface area contributed by atoms with Crippen LogP contribution in [0.4, 0.5) is 0 Å². The minimum Gasteiger partial charge on any atom is -0.481 e. The van der Waals surface area contributed by atoms with Crippen molar-refractivity contribution < 1.29 is 24.6 Å². The first-order valence-corrected chi connectivity index (χ1v) is 7.76. The van der Waals surface area contributed by atoms with Gasteiger partial charge in [0, 0.05) is 31.1 Å². The molecule has 21 heavy (non-hydrogen) atoms. The fourth-order valence-corrected chi connectivity index (χ4v) is 2.58. The molecular weight excluding hydrogens is 294 g/mol. The molecule has 7 heteroatoms. The van der Waals surface area contributed by atoms with Crippen LogP contribution in [0.2, 0.25) is 0 Å². The summed E-state index contributed by atoms with van der Waals surface area (Å²) >= 11 is 1.43. The number of ketones is 1. The van der Waals surface area contributed by atoms with Crippen LogP contribution < -0.4 is 0 Å². The molecule has 6 nitrogen and oxygen atoms in total. The maximum absolute atomic E-state index is 11.5. The van der Waals surface area contributed by atoms with Gasteiger partial charge in [0.15, 0.2) is 0 Å². The van der Waals surface area contributed by atoms with E-state index in [-0.39, 0.29) is 18.6 Å². The van der Waals surface area contributed by atoms with Crippen molar-refractivity contribution in [2.45, 2.75) is 44.9 Å². The molecule has 1 rings (SSSR count). The molecule has 0 fully saturated rings. The molecule has 0 radical (unpaired) electrons. The summed E-state index contributed by atoms with van der Waals surface area (Å²) in [7, 11) is 0. The first-order valence-electron chi connectivity index (χ1n) is 6.82. The van der Waals surface area contributed by atoms with E-state index in [1.54, 1.807) is 5.51 Å². The lowest BCUT2D eigenvalue weighted by Gasteiger charge is -2.10. The first-order chi connectivity index (χ1) is 9.99. The Hall–Kier alpha value is -1.76. The average molecular weight is 313 g/mol. The third-order valence-electron chi connectivity index (χ3n) is 3.14. The molecule has 0 aliphatic carbocycles. The number of carbonyl (C=O) groups excluding carboxylic acids is 1. The molecule has 1 aromatic heterocycles. The normalized spacial score (nSPS) is 12.0. The molecule has 0 aliphatic rings. The lowest BCUT2D eigenvalue weighted by Crippen LogP contribution is -2.17. The lowest BCUT2D eigenvalue weighted by molar-refractivity contribution is -0.142. The SMILES string of the molecule is O=C(O)CCCC(=O)CCCC(Cc1cscn1)C(=O)O. The number of carboxylic acids is 2. The maximum Gasteiger partial charge on any atom is 0.306 e. The van der Waals surface area contributed by atoms with E-state index in [0.29, 0.717) is 32.1 Å². The van der Waals surface area contributed by atoms with E-state index >= 15 is 0 Å². The number of aliphatic carboxylic acids is 2. The van der Waals surface area contributed by atoms with E-state index in [0.717, 1.165) is 5.69 Å². The quantitative estimate of drug-likeness (QED) is 0.650. The number of aromatic nitrogens is 1. The van der Waals surface area contributed by atoms with Crippen LogP contribution in [0.25, 0.3) is 0 Å². The monoisotopic (exact) mass is 313 g/mol. The lowest BCUT2D eigenvalue weighted by atomic mass is 9.96. The van der Waals surface area contributed by atoms with Gasteiger partial charge >= 0.3 is 11.9 Å². The van der Waals surface area contributed by atoms with E-state index in [1.165, 1.54) is 11.3 Å². The predicted molar refractivity (Wildman–Crippen MR) is 77.3 cm³/mol. The zero-order chi connectivity index (χ0) is 15.7. The second kappa shape index (κ2) is 9.23. The summed E-state index contributed by atoms with van der Waals surface area (Å²) in [6, 6.07) is 0. The van der Waals surface area contributed by atoms with Crippen LogP contribution >= 0.6 is 11.3 Å². The molecule has 1 heterocycles. The molecule has 0 aromatic carbocycles. The highest BCUT2D eigenvalue weighted by molar-refractivity contribution is 7.07. The fraction of sp³-hybridized carbons (Fsp3) is 0.571. The van der Waals surface area contributed by atoms with E-state index in [4.69, 9.17) is 10.2 Å². The number of hydrogen-bond acceptors (Lipinski definition) is 5. The Morgan fingerprint density at radius 3 is 2.43 bits per heavy atom. The van der Waals surface area contributed by atoms with E-state index in [2.05, 4.69) is 4.98 Å². The number of carbonyl (C=O) groups is 3. The van der Waals surface area contributed by atoms with Gasteiger partial charge in [-0.05, 0) is 19.3 Å². The van der Waals surface area contributed by atoms with Crippen LogP contribution in [0, 0.1) is 5.92 Å². The van der Waals surface area contributed by atoms with Crippen LogP contribution in [0.3, 0.4) is 0 Å². The molecule has 0 aliphatic heterocycles. The molecule has 2 N–H and O–H groups in total. The van der Waals surface area contributed by atoms with Crippen molar-refractivity contribution in [1.29, 1.82) is 0 Å². The molecule has 0 spiro atoms. The highest BCUT2D eigenvalue weighted by Crippen LogP contribution is 2.16. The van der Waals surface area contributed by atoms with Gasteiger partial charge in [-0.25, -0.2) is 4.98 Å². The van der Waals surface area contributed by atoms with E-state index in [1.807, 2.05) is 5.38 Å². The van der Waals surface area contributed by atoms with Gasteiger partial charge in [-0.2, -0.15) is 0 Å². The topological polar surface area (TPSA) is 105 Å². The zero-order valence-electron chi connectivity index (χ0n) is 11.7. The highest BCUT2D eigenvalue weighted by atomic mass is 32.1. The third-order valence-corrected chi connectivity index (χ3v) is 3.78. The summed E-state index contributed by atoms with van der Waals surface area (Å²) in [6.07, 6.45) is 2.20. The molecule has 0 bridgehead atoms. The second-order valence-corrected chi connectivity index (χ2v) is 5.62. The van der Waals surface area contributed by atoms with Crippen LogP contribution in [0.1, 0.15) is 44.2 Å². The van der Waals surface area contributed by atoms with Gasteiger partial charge in [0.1, 0.15) is 5.78 Å². The Balaban J connectivity index is 2.25. The van der Waals surface area contributed by atoms with Gasteiger partial charge in [-0.15, -0.1) is 11.3 Å². The number of rotatable bonds is 11. The Bertz CT molecular complexity index is 472. The number of thiazole rings is 1. The van der Waals surface area contributed by atoms with Crippen molar-refractivity contribution in [3.05, 3.63) is 16.6 Å². The van der Waals surface area contributed by atoms with Crippen molar-refractivity contribution in [2.24, 2.45) is 5.92 Å². The van der Waals surface area contributed by atoms with Crippen LogP contribution in [-0.4, -0.2) is 32.9 Å². The first kappa shape index (κ1) is 17.3. The Labute approximate surface area is 126 Å². The standard InChI is InChI=1S/C14H19NO5S/c16-12(5-2-6-13(17)18)4-1-3-10(14(19)20)7-11-8-21-9-15-11/h8-10H,1-7H2,(H,17,18)(H,19,20). The Morgan fingerprint density at radius 2 is 1.86 bits per heavy atom. The van der Waals surface area contributed by atoms with Crippen LogP contribution in [0.15, 0.2) is 10.9 Å². The summed E-state index contributed by atoms with van der Waals surface area (Å²) in [4.78, 5) is 37.1. The Morgan fingerprint density at radius 1 is 1.14 bits per heavy atom. The number of hydrogen-bond donors (Lipinski definition) is 2. The number of nitrogens with zero attached hydrogens (tertiary/aromatic N) is 1. The average Bonchev–Trinajstić information content (AvgIpc) is 2.89. The minimum atomic E-state index is -0.906. The van der Waals surface area contributed by atoms with Gasteiger partial charge in [-0.1, -0.05) is 0 Å². The smallest absolute Gasteiger partial charge is 0.306 e. The van der Waals surface area contributed by atoms with E-state index in [9.17, 15) is 14.4 Å². The summed E-state index contributed by atoms with van der Waals surface area (Å²) in [5.41, 5.74) is 2.43. The fourth-order valence-electron chi connectivity index (χ4n) is 2.01. The van der Waals surface area contributed by atoms with Gasteiger partial charge < -0.3 is 10.2 Å². The summed E-state index contributed by atoms with van der Waals surface area (Å²) < 4.78 is 0. The molecule has 116 valence electrons. The molecule has 0 amide bonds. The molecule has 0 saturated heterocycles. The van der Waals surface area contributed by atoms with Gasteiger partial charge in [0.05, 0.1) is 17.1 Å². The van der Waals surface area contributed by atoms with Crippen LogP contribution in [0.5, 0.6) is 0 Å². The van der Waals surface area contributed by atoms with Crippen molar-refractivity contribution in [2.75, 3.05) is 0 Å². The summed E-state index contributed by atoms with van der Waals surface area (Å²) in [5, 5.41) is 19.5. The molecular formula is C14H19NO5S. The van der Waals surface area contributed by atoms with Crippen molar-refractivity contribution in [3.63, 3.8) is 0 Å². The van der Waals surface area contributed by atoms with Gasteiger partial charge in [0.2, 0.25) is 0 Å².